The van der Waals surface area contributed by atoms with Crippen molar-refractivity contribution >= 4 is 10.1 Å². The Labute approximate surface area is 124 Å². The Morgan fingerprint density at radius 2 is 1.86 bits per heavy atom. The molecule has 1 aromatic rings. The van der Waals surface area contributed by atoms with Crippen LogP contribution in [0.1, 0.15) is 19.4 Å². The SMILES string of the molecule is Cc1ccc(S(=O)(=O)O[C@@H]2CO[C@H]3OC(C)(C)O[C@H]32)cc1. The molecule has 0 aliphatic carbocycles. The monoisotopic (exact) mass is 314 g/mol. The van der Waals surface area contributed by atoms with E-state index in [-0.39, 0.29) is 11.5 Å². The first-order valence-electron chi connectivity index (χ1n) is 6.74. The molecule has 2 aliphatic rings. The van der Waals surface area contributed by atoms with Crippen molar-refractivity contribution in [1.29, 1.82) is 0 Å². The van der Waals surface area contributed by atoms with E-state index in [0.29, 0.717) is 0 Å². The molecule has 0 bridgehead atoms. The minimum Gasteiger partial charge on any atom is -0.347 e. The summed E-state index contributed by atoms with van der Waals surface area (Å²) in [4.78, 5) is 0.120. The lowest BCUT2D eigenvalue weighted by Gasteiger charge is -2.20. The lowest BCUT2D eigenvalue weighted by atomic mass is 10.2. The molecule has 0 radical (unpaired) electrons. The summed E-state index contributed by atoms with van der Waals surface area (Å²) >= 11 is 0. The van der Waals surface area contributed by atoms with Crippen LogP contribution < -0.4 is 0 Å². The fourth-order valence-corrected chi connectivity index (χ4v) is 3.50. The number of benzene rings is 1. The van der Waals surface area contributed by atoms with Crippen LogP contribution in [0.2, 0.25) is 0 Å². The third-order valence-electron chi connectivity index (χ3n) is 3.44. The van der Waals surface area contributed by atoms with Crippen molar-refractivity contribution < 1.29 is 26.8 Å². The molecule has 3 rings (SSSR count). The fourth-order valence-electron chi connectivity index (χ4n) is 2.43. The number of hydrogen-bond acceptors (Lipinski definition) is 6. The predicted octanol–water partition coefficient (Wildman–Crippen LogP) is 1.58. The van der Waals surface area contributed by atoms with Gasteiger partial charge in [0.25, 0.3) is 10.1 Å². The van der Waals surface area contributed by atoms with Crippen molar-refractivity contribution in [3.63, 3.8) is 0 Å². The molecule has 0 N–H and O–H groups in total. The summed E-state index contributed by atoms with van der Waals surface area (Å²) in [5.41, 5.74) is 0.979. The van der Waals surface area contributed by atoms with Gasteiger partial charge in [0.1, 0.15) is 12.2 Å². The first-order valence-corrected chi connectivity index (χ1v) is 8.15. The van der Waals surface area contributed by atoms with Gasteiger partial charge in [-0.05, 0) is 32.9 Å². The number of hydrogen-bond donors (Lipinski definition) is 0. The number of aryl methyl sites for hydroxylation is 1. The number of ether oxygens (including phenoxy) is 3. The first kappa shape index (κ1) is 14.9. The molecule has 0 aromatic heterocycles. The molecular formula is C14H18O6S. The number of fused-ring (bicyclic) bond motifs is 1. The van der Waals surface area contributed by atoms with Crippen LogP contribution >= 0.6 is 0 Å². The van der Waals surface area contributed by atoms with Crippen molar-refractivity contribution in [2.75, 3.05) is 6.61 Å². The van der Waals surface area contributed by atoms with Crippen LogP contribution in [0.3, 0.4) is 0 Å². The molecule has 2 heterocycles. The maximum absolute atomic E-state index is 12.3. The van der Waals surface area contributed by atoms with Crippen LogP contribution in [0.5, 0.6) is 0 Å². The fraction of sp³-hybridized carbons (Fsp3) is 0.571. The Morgan fingerprint density at radius 1 is 1.19 bits per heavy atom. The van der Waals surface area contributed by atoms with Crippen molar-refractivity contribution in [2.24, 2.45) is 0 Å². The van der Waals surface area contributed by atoms with E-state index < -0.39 is 34.4 Å². The van der Waals surface area contributed by atoms with Crippen LogP contribution in [0.4, 0.5) is 0 Å². The van der Waals surface area contributed by atoms with Crippen molar-refractivity contribution in [1.82, 2.24) is 0 Å². The zero-order valence-corrected chi connectivity index (χ0v) is 12.9. The van der Waals surface area contributed by atoms with Gasteiger partial charge in [-0.2, -0.15) is 8.42 Å². The highest BCUT2D eigenvalue weighted by atomic mass is 32.2. The Hall–Kier alpha value is -0.990. The molecule has 2 saturated heterocycles. The maximum Gasteiger partial charge on any atom is 0.297 e. The summed E-state index contributed by atoms with van der Waals surface area (Å²) in [7, 11) is -3.85. The highest BCUT2D eigenvalue weighted by Crippen LogP contribution is 2.36. The minimum absolute atomic E-state index is 0.120. The zero-order chi connectivity index (χ0) is 15.3. The van der Waals surface area contributed by atoms with Crippen LogP contribution in [-0.4, -0.2) is 39.3 Å². The molecule has 0 saturated carbocycles. The second kappa shape index (κ2) is 5.03. The maximum atomic E-state index is 12.3. The smallest absolute Gasteiger partial charge is 0.297 e. The van der Waals surface area contributed by atoms with E-state index in [4.69, 9.17) is 18.4 Å². The van der Waals surface area contributed by atoms with E-state index >= 15 is 0 Å². The van der Waals surface area contributed by atoms with Gasteiger partial charge >= 0.3 is 0 Å². The van der Waals surface area contributed by atoms with E-state index in [0.717, 1.165) is 5.56 Å². The molecule has 116 valence electrons. The number of rotatable bonds is 3. The summed E-state index contributed by atoms with van der Waals surface area (Å²) in [6, 6.07) is 6.49. The summed E-state index contributed by atoms with van der Waals surface area (Å²) in [6.07, 6.45) is -1.83. The van der Waals surface area contributed by atoms with Gasteiger partial charge in [-0.1, -0.05) is 17.7 Å². The highest BCUT2D eigenvalue weighted by molar-refractivity contribution is 7.86. The normalized spacial score (nSPS) is 31.3. The third kappa shape index (κ3) is 2.97. The van der Waals surface area contributed by atoms with E-state index in [2.05, 4.69) is 0 Å². The molecule has 7 heteroatoms. The molecule has 6 nitrogen and oxygen atoms in total. The molecule has 21 heavy (non-hydrogen) atoms. The Bertz CT molecular complexity index is 621. The highest BCUT2D eigenvalue weighted by Gasteiger charge is 2.52. The lowest BCUT2D eigenvalue weighted by molar-refractivity contribution is -0.198. The van der Waals surface area contributed by atoms with E-state index in [9.17, 15) is 8.42 Å². The molecule has 1 aromatic carbocycles. The molecule has 2 aliphatic heterocycles. The summed E-state index contributed by atoms with van der Waals surface area (Å²) < 4.78 is 46.4. The van der Waals surface area contributed by atoms with Gasteiger partial charge in [0.15, 0.2) is 12.1 Å². The van der Waals surface area contributed by atoms with Crippen LogP contribution in [0, 0.1) is 6.92 Å². The van der Waals surface area contributed by atoms with Crippen molar-refractivity contribution in [2.45, 2.75) is 50.0 Å². The Kier molecular flexibility index (Phi) is 3.58. The molecule has 0 spiro atoms. The second-order valence-corrected chi connectivity index (χ2v) is 7.28. The zero-order valence-electron chi connectivity index (χ0n) is 12.1. The first-order chi connectivity index (χ1) is 9.77. The average Bonchev–Trinajstić information content (AvgIpc) is 2.86. The topological polar surface area (TPSA) is 71.1 Å². The molecular weight excluding hydrogens is 296 g/mol. The largest absolute Gasteiger partial charge is 0.347 e. The minimum atomic E-state index is -3.85. The average molecular weight is 314 g/mol. The Balaban J connectivity index is 1.76. The molecule has 0 amide bonds. The van der Waals surface area contributed by atoms with Gasteiger partial charge < -0.3 is 14.2 Å². The van der Waals surface area contributed by atoms with Gasteiger partial charge in [0.2, 0.25) is 0 Å². The van der Waals surface area contributed by atoms with Gasteiger partial charge in [-0.25, -0.2) is 0 Å². The third-order valence-corrected chi connectivity index (χ3v) is 4.79. The van der Waals surface area contributed by atoms with E-state index in [1.54, 1.807) is 26.0 Å². The van der Waals surface area contributed by atoms with Gasteiger partial charge in [-0.3, -0.25) is 4.18 Å². The Morgan fingerprint density at radius 3 is 2.52 bits per heavy atom. The molecule has 2 fully saturated rings. The van der Waals surface area contributed by atoms with Crippen LogP contribution in [0.25, 0.3) is 0 Å². The summed E-state index contributed by atoms with van der Waals surface area (Å²) in [5.74, 6) is -0.801. The van der Waals surface area contributed by atoms with Gasteiger partial charge in [0.05, 0.1) is 11.5 Å². The standard InChI is InChI=1S/C14H18O6S/c1-9-4-6-10(7-5-9)21(15,16)20-11-8-17-13-12(11)18-14(2,3)19-13/h4-7,11-13H,8H2,1-3H3/t11-,12+,13+/m1/s1. The quantitative estimate of drug-likeness (QED) is 0.789. The summed E-state index contributed by atoms with van der Waals surface area (Å²) in [5, 5.41) is 0. The van der Waals surface area contributed by atoms with E-state index in [1.807, 2.05) is 6.92 Å². The molecule has 3 atom stereocenters. The van der Waals surface area contributed by atoms with Crippen molar-refractivity contribution in [3.05, 3.63) is 29.8 Å². The van der Waals surface area contributed by atoms with Gasteiger partial charge in [-0.15, -0.1) is 0 Å². The van der Waals surface area contributed by atoms with Crippen molar-refractivity contribution in [3.8, 4) is 0 Å². The lowest BCUT2D eigenvalue weighted by Crippen LogP contribution is -2.34. The predicted molar refractivity (Wildman–Crippen MR) is 73.0 cm³/mol. The molecule has 0 unspecified atom stereocenters. The van der Waals surface area contributed by atoms with Gasteiger partial charge in [0, 0.05) is 0 Å². The second-order valence-electron chi connectivity index (χ2n) is 5.70. The van der Waals surface area contributed by atoms with Crippen LogP contribution in [-0.2, 0) is 28.5 Å². The van der Waals surface area contributed by atoms with E-state index in [1.165, 1.54) is 12.1 Å². The summed E-state index contributed by atoms with van der Waals surface area (Å²) in [6.45, 7) is 5.51. The van der Waals surface area contributed by atoms with Crippen LogP contribution in [0.15, 0.2) is 29.2 Å².